The second kappa shape index (κ2) is 8.87. The van der Waals surface area contributed by atoms with Crippen molar-refractivity contribution in [1.29, 1.82) is 0 Å². The van der Waals surface area contributed by atoms with Crippen molar-refractivity contribution in [3.63, 3.8) is 0 Å². The molecular weight excluding hydrogens is 531 g/mol. The van der Waals surface area contributed by atoms with E-state index in [1.165, 1.54) is 19.2 Å². The molecule has 2 heterocycles. The number of nitrogens with zero attached hydrogens (tertiary/aromatic N) is 2. The van der Waals surface area contributed by atoms with Crippen LogP contribution in [0.25, 0.3) is 0 Å². The van der Waals surface area contributed by atoms with Crippen molar-refractivity contribution in [2.75, 3.05) is 16.7 Å². The number of aromatic nitrogens is 1. The van der Waals surface area contributed by atoms with Crippen molar-refractivity contribution in [3.05, 3.63) is 76.2 Å². The molecule has 0 saturated carbocycles. The average molecular weight is 544 g/mol. The predicted molar refractivity (Wildman–Crippen MR) is 118 cm³/mol. The van der Waals surface area contributed by atoms with Crippen LogP contribution in [0.5, 0.6) is 11.5 Å². The number of imide groups is 1. The van der Waals surface area contributed by atoms with Crippen LogP contribution in [-0.4, -0.2) is 33.7 Å². The van der Waals surface area contributed by atoms with Gasteiger partial charge in [0.25, 0.3) is 21.8 Å². The van der Waals surface area contributed by atoms with Crippen LogP contribution in [0.4, 0.5) is 24.5 Å². The molecule has 0 atom stereocenters. The van der Waals surface area contributed by atoms with Crippen molar-refractivity contribution in [2.45, 2.75) is 11.3 Å². The molecule has 15 heteroatoms. The largest absolute Gasteiger partial charge is 0.619 e. The fourth-order valence-corrected chi connectivity index (χ4v) is 4.73. The van der Waals surface area contributed by atoms with E-state index in [1.807, 2.05) is 0 Å². The highest BCUT2D eigenvalue weighted by Gasteiger charge is 2.42. The fourth-order valence-electron chi connectivity index (χ4n) is 3.42. The van der Waals surface area contributed by atoms with Gasteiger partial charge in [0.1, 0.15) is 11.4 Å². The highest BCUT2D eigenvalue weighted by atomic mass is 35.5. The molecule has 0 aliphatic carbocycles. The Hall–Kier alpha value is -4.04. The van der Waals surface area contributed by atoms with Gasteiger partial charge in [-0.3, -0.25) is 14.3 Å². The van der Waals surface area contributed by atoms with Crippen LogP contribution in [0, 0.1) is 5.21 Å². The lowest BCUT2D eigenvalue weighted by Crippen LogP contribution is -2.33. The van der Waals surface area contributed by atoms with E-state index in [0.717, 1.165) is 42.7 Å². The Kier molecular flexibility index (Phi) is 6.18. The Morgan fingerprint density at radius 1 is 1.00 bits per heavy atom. The molecule has 188 valence electrons. The lowest BCUT2D eigenvalue weighted by atomic mass is 10.1. The molecule has 0 spiro atoms. The van der Waals surface area contributed by atoms with Crippen LogP contribution in [-0.2, 0) is 10.0 Å². The Morgan fingerprint density at radius 3 is 2.25 bits per heavy atom. The van der Waals surface area contributed by atoms with Crippen molar-refractivity contribution in [1.82, 2.24) is 0 Å². The lowest BCUT2D eigenvalue weighted by molar-refractivity contribution is -0.605. The first kappa shape index (κ1) is 25.1. The van der Waals surface area contributed by atoms with Gasteiger partial charge in [-0.1, -0.05) is 11.6 Å². The number of ether oxygens (including phenoxy) is 2. The minimum absolute atomic E-state index is 0.0454. The number of alkyl halides is 3. The van der Waals surface area contributed by atoms with Gasteiger partial charge in [0, 0.05) is 6.07 Å². The molecule has 2 aromatic carbocycles. The minimum atomic E-state index is -4.96. The Bertz CT molecular complexity index is 1500. The Morgan fingerprint density at radius 2 is 1.64 bits per heavy atom. The van der Waals surface area contributed by atoms with Gasteiger partial charge in [-0.25, -0.2) is 13.3 Å². The summed E-state index contributed by atoms with van der Waals surface area (Å²) in [7, 11) is -3.16. The minimum Gasteiger partial charge on any atom is -0.619 e. The molecule has 0 fully saturated rings. The molecule has 4 rings (SSSR count). The summed E-state index contributed by atoms with van der Waals surface area (Å²) in [5.74, 6) is -2.48. The number of methoxy groups -OCH3 is 1. The highest BCUT2D eigenvalue weighted by Crippen LogP contribution is 2.38. The van der Waals surface area contributed by atoms with E-state index in [-0.39, 0.29) is 33.3 Å². The van der Waals surface area contributed by atoms with Gasteiger partial charge >= 0.3 is 6.36 Å². The Labute approximate surface area is 206 Å². The number of sulfonamides is 1. The number of pyridine rings is 1. The average Bonchev–Trinajstić information content (AvgIpc) is 3.05. The zero-order valence-electron chi connectivity index (χ0n) is 17.9. The SMILES string of the molecule is COc1cc(N2C(=O)c3c(Cl)ccc(NS(=O)(=O)c4ccc(OC(F)(F)F)cc4)c3C2=O)c[n+]([O-])c1. The summed E-state index contributed by atoms with van der Waals surface area (Å²) in [6.07, 6.45) is -2.97. The summed E-state index contributed by atoms with van der Waals surface area (Å²) in [6.45, 7) is 0. The predicted octanol–water partition coefficient (Wildman–Crippen LogP) is 3.48. The topological polar surface area (TPSA) is 129 Å². The van der Waals surface area contributed by atoms with Crippen LogP contribution in [0.1, 0.15) is 20.7 Å². The van der Waals surface area contributed by atoms with Crippen molar-refractivity contribution in [3.8, 4) is 11.5 Å². The summed E-state index contributed by atoms with van der Waals surface area (Å²) in [5, 5.41) is 11.7. The number of anilines is 2. The number of carbonyl (C=O) groups is 2. The van der Waals surface area contributed by atoms with Gasteiger partial charge in [0.15, 0.2) is 5.75 Å². The van der Waals surface area contributed by atoms with E-state index in [1.54, 1.807) is 0 Å². The zero-order chi connectivity index (χ0) is 26.4. The van der Waals surface area contributed by atoms with E-state index >= 15 is 0 Å². The molecule has 1 aromatic heterocycles. The van der Waals surface area contributed by atoms with E-state index in [9.17, 15) is 36.4 Å². The molecular formula is C21H13ClF3N3O7S. The van der Waals surface area contributed by atoms with Gasteiger partial charge in [-0.2, -0.15) is 4.73 Å². The van der Waals surface area contributed by atoms with E-state index in [2.05, 4.69) is 9.46 Å². The van der Waals surface area contributed by atoms with Gasteiger partial charge in [-0.15, -0.1) is 13.2 Å². The molecule has 0 unspecified atom stereocenters. The zero-order valence-corrected chi connectivity index (χ0v) is 19.4. The van der Waals surface area contributed by atoms with Crippen molar-refractivity contribution in [2.24, 2.45) is 0 Å². The van der Waals surface area contributed by atoms with E-state index < -0.39 is 38.8 Å². The summed E-state index contributed by atoms with van der Waals surface area (Å²) in [5.41, 5.74) is -1.16. The second-order valence-electron chi connectivity index (χ2n) is 7.21. The first-order chi connectivity index (χ1) is 16.8. The molecule has 1 aliphatic heterocycles. The van der Waals surface area contributed by atoms with Gasteiger partial charge in [-0.05, 0) is 36.4 Å². The number of halogens is 4. The van der Waals surface area contributed by atoms with E-state index in [0.29, 0.717) is 9.63 Å². The maximum Gasteiger partial charge on any atom is 0.573 e. The molecule has 1 aliphatic rings. The van der Waals surface area contributed by atoms with Gasteiger partial charge in [0.2, 0.25) is 12.4 Å². The van der Waals surface area contributed by atoms with Gasteiger partial charge < -0.3 is 14.7 Å². The van der Waals surface area contributed by atoms with Crippen molar-refractivity contribution < 1.29 is 45.4 Å². The monoisotopic (exact) mass is 543 g/mol. The van der Waals surface area contributed by atoms with Crippen LogP contribution in [0.15, 0.2) is 59.8 Å². The number of fused-ring (bicyclic) bond motifs is 1. The molecule has 0 radical (unpaired) electrons. The molecule has 2 amide bonds. The fraction of sp³-hybridized carbons (Fsp3) is 0.0952. The third kappa shape index (κ3) is 4.72. The number of hydrogen-bond donors (Lipinski definition) is 1. The number of benzene rings is 2. The number of amides is 2. The molecule has 10 nitrogen and oxygen atoms in total. The Balaban J connectivity index is 1.71. The summed E-state index contributed by atoms with van der Waals surface area (Å²) >= 11 is 6.13. The quantitative estimate of drug-likeness (QED) is 0.286. The number of hydrogen-bond acceptors (Lipinski definition) is 7. The molecule has 3 aromatic rings. The van der Waals surface area contributed by atoms with Crippen LogP contribution >= 0.6 is 11.6 Å². The molecule has 36 heavy (non-hydrogen) atoms. The summed E-state index contributed by atoms with van der Waals surface area (Å²) in [6, 6.07) is 6.90. The maximum atomic E-state index is 13.2. The number of rotatable bonds is 6. The third-order valence-corrected chi connectivity index (χ3v) is 6.59. The molecule has 1 N–H and O–H groups in total. The second-order valence-corrected chi connectivity index (χ2v) is 9.30. The summed E-state index contributed by atoms with van der Waals surface area (Å²) < 4.78 is 74.0. The van der Waals surface area contributed by atoms with Crippen LogP contribution < -0.4 is 23.8 Å². The normalized spacial score (nSPS) is 13.5. The molecule has 0 bridgehead atoms. The first-order valence-corrected chi connectivity index (χ1v) is 11.5. The standard InChI is InChI=1S/C21H13ClF3N3O7S/c1-34-13-8-11(9-27(31)10-13)28-19(29)17-15(22)6-7-16(18(17)20(28)30)26-36(32,33)14-4-2-12(3-5-14)35-21(23,24)25/h2-10,26H,1H3. The number of nitrogens with one attached hydrogen (secondary N) is 1. The van der Waals surface area contributed by atoms with E-state index in [4.69, 9.17) is 16.3 Å². The first-order valence-electron chi connectivity index (χ1n) is 9.68. The third-order valence-electron chi connectivity index (χ3n) is 4.90. The lowest BCUT2D eigenvalue weighted by Gasteiger charge is -2.14. The summed E-state index contributed by atoms with van der Waals surface area (Å²) in [4.78, 5) is 26.5. The van der Waals surface area contributed by atoms with Gasteiger partial charge in [0.05, 0.1) is 33.8 Å². The van der Waals surface area contributed by atoms with Crippen LogP contribution in [0.2, 0.25) is 5.02 Å². The van der Waals surface area contributed by atoms with Crippen LogP contribution in [0.3, 0.4) is 0 Å². The van der Waals surface area contributed by atoms with Crippen molar-refractivity contribution >= 4 is 44.8 Å². The molecule has 0 saturated heterocycles. The highest BCUT2D eigenvalue weighted by molar-refractivity contribution is 7.92. The smallest absolute Gasteiger partial charge is 0.573 e. The maximum absolute atomic E-state index is 13.2. The number of carbonyl (C=O) groups excluding carboxylic acids is 2.